The standard InChI is InChI=1S/C12H17NO2/c1-3-13(2)12(15)9-6-10-4-7-11(14)8-5-10/h4-5,7-8,14H,3,6,9H2,1-2H3. The highest BCUT2D eigenvalue weighted by Gasteiger charge is 2.06. The molecule has 0 aliphatic rings. The van der Waals surface area contributed by atoms with Crippen LogP contribution >= 0.6 is 0 Å². The van der Waals surface area contributed by atoms with Crippen LogP contribution in [0.25, 0.3) is 0 Å². The summed E-state index contributed by atoms with van der Waals surface area (Å²) in [5, 5.41) is 9.09. The Kier molecular flexibility index (Phi) is 4.16. The van der Waals surface area contributed by atoms with Gasteiger partial charge in [-0.15, -0.1) is 0 Å². The molecule has 1 N–H and O–H groups in total. The quantitative estimate of drug-likeness (QED) is 0.818. The van der Waals surface area contributed by atoms with Crippen LogP contribution in [0.5, 0.6) is 5.75 Å². The van der Waals surface area contributed by atoms with E-state index in [-0.39, 0.29) is 11.7 Å². The van der Waals surface area contributed by atoms with Gasteiger partial charge in [-0.25, -0.2) is 0 Å². The molecule has 0 saturated carbocycles. The Morgan fingerprint density at radius 2 is 1.93 bits per heavy atom. The number of carbonyl (C=O) groups excluding carboxylic acids is 1. The monoisotopic (exact) mass is 207 g/mol. The largest absolute Gasteiger partial charge is 0.508 e. The minimum atomic E-state index is 0.158. The number of carbonyl (C=O) groups is 1. The maximum Gasteiger partial charge on any atom is 0.222 e. The molecule has 0 atom stereocenters. The summed E-state index contributed by atoms with van der Waals surface area (Å²) in [6.45, 7) is 2.70. The molecule has 0 aromatic heterocycles. The van der Waals surface area contributed by atoms with Crippen LogP contribution in [-0.4, -0.2) is 29.5 Å². The molecule has 0 unspecified atom stereocenters. The molecule has 3 nitrogen and oxygen atoms in total. The average Bonchev–Trinajstić information content (AvgIpc) is 2.26. The number of aromatic hydroxyl groups is 1. The molecule has 0 radical (unpaired) electrons. The highest BCUT2D eigenvalue weighted by atomic mass is 16.3. The van der Waals surface area contributed by atoms with Crippen LogP contribution in [0.4, 0.5) is 0 Å². The topological polar surface area (TPSA) is 40.5 Å². The first-order valence-electron chi connectivity index (χ1n) is 5.15. The van der Waals surface area contributed by atoms with E-state index in [1.54, 1.807) is 24.1 Å². The summed E-state index contributed by atoms with van der Waals surface area (Å²) in [6, 6.07) is 6.97. The summed E-state index contributed by atoms with van der Waals surface area (Å²) in [5.41, 5.74) is 1.07. The first-order valence-corrected chi connectivity index (χ1v) is 5.15. The summed E-state index contributed by atoms with van der Waals surface area (Å²) in [6.07, 6.45) is 1.25. The zero-order chi connectivity index (χ0) is 11.3. The summed E-state index contributed by atoms with van der Waals surface area (Å²) < 4.78 is 0. The molecular formula is C12H17NO2. The Morgan fingerprint density at radius 1 is 1.33 bits per heavy atom. The fourth-order valence-corrected chi connectivity index (χ4v) is 1.28. The Bertz CT molecular complexity index is 319. The van der Waals surface area contributed by atoms with E-state index < -0.39 is 0 Å². The summed E-state index contributed by atoms with van der Waals surface area (Å²) in [7, 11) is 1.80. The van der Waals surface area contributed by atoms with Crippen molar-refractivity contribution in [3.63, 3.8) is 0 Å². The number of amides is 1. The number of phenols is 1. The van der Waals surface area contributed by atoms with Crippen molar-refractivity contribution in [3.05, 3.63) is 29.8 Å². The SMILES string of the molecule is CCN(C)C(=O)CCc1ccc(O)cc1. The van der Waals surface area contributed by atoms with Crippen LogP contribution in [0, 0.1) is 0 Å². The van der Waals surface area contributed by atoms with Gasteiger partial charge in [0.2, 0.25) is 5.91 Å². The van der Waals surface area contributed by atoms with Crippen molar-refractivity contribution in [2.45, 2.75) is 19.8 Å². The number of aryl methyl sites for hydroxylation is 1. The molecule has 1 rings (SSSR count). The maximum atomic E-state index is 11.5. The number of hydrogen-bond acceptors (Lipinski definition) is 2. The lowest BCUT2D eigenvalue weighted by Gasteiger charge is -2.13. The molecule has 1 aromatic carbocycles. The van der Waals surface area contributed by atoms with Gasteiger partial charge >= 0.3 is 0 Å². The van der Waals surface area contributed by atoms with Crippen molar-refractivity contribution < 1.29 is 9.90 Å². The number of benzene rings is 1. The van der Waals surface area contributed by atoms with Crippen molar-refractivity contribution in [2.24, 2.45) is 0 Å². The molecule has 3 heteroatoms. The van der Waals surface area contributed by atoms with E-state index in [1.165, 1.54) is 0 Å². The van der Waals surface area contributed by atoms with Crippen molar-refractivity contribution >= 4 is 5.91 Å². The van der Waals surface area contributed by atoms with Crippen LogP contribution in [0.3, 0.4) is 0 Å². The molecule has 1 amide bonds. The van der Waals surface area contributed by atoms with E-state index in [4.69, 9.17) is 5.11 Å². The molecule has 0 aliphatic carbocycles. The number of nitrogens with zero attached hydrogens (tertiary/aromatic N) is 1. The zero-order valence-electron chi connectivity index (χ0n) is 9.23. The van der Waals surface area contributed by atoms with Gasteiger partial charge in [0, 0.05) is 20.0 Å². The van der Waals surface area contributed by atoms with Gasteiger partial charge < -0.3 is 10.0 Å². The average molecular weight is 207 g/mol. The Morgan fingerprint density at radius 3 is 2.47 bits per heavy atom. The summed E-state index contributed by atoms with van der Waals surface area (Å²) >= 11 is 0. The molecule has 0 fully saturated rings. The third kappa shape index (κ3) is 3.62. The van der Waals surface area contributed by atoms with Crippen LogP contribution in [0.1, 0.15) is 18.9 Å². The number of hydrogen-bond donors (Lipinski definition) is 1. The third-order valence-corrected chi connectivity index (χ3v) is 2.46. The molecule has 1 aromatic rings. The lowest BCUT2D eigenvalue weighted by Crippen LogP contribution is -2.26. The van der Waals surface area contributed by atoms with Gasteiger partial charge in [0.15, 0.2) is 0 Å². The lowest BCUT2D eigenvalue weighted by atomic mass is 10.1. The minimum absolute atomic E-state index is 0.158. The second kappa shape index (κ2) is 5.39. The maximum absolute atomic E-state index is 11.5. The summed E-state index contributed by atoms with van der Waals surface area (Å²) in [4.78, 5) is 13.2. The van der Waals surface area contributed by atoms with E-state index in [2.05, 4.69) is 0 Å². The van der Waals surface area contributed by atoms with E-state index in [9.17, 15) is 4.79 Å². The Hall–Kier alpha value is -1.51. The lowest BCUT2D eigenvalue weighted by molar-refractivity contribution is -0.129. The fraction of sp³-hybridized carbons (Fsp3) is 0.417. The van der Waals surface area contributed by atoms with Gasteiger partial charge in [0.1, 0.15) is 5.75 Å². The molecule has 0 heterocycles. The predicted octanol–water partition coefficient (Wildman–Crippen LogP) is 1.80. The molecule has 82 valence electrons. The predicted molar refractivity (Wildman–Crippen MR) is 59.7 cm³/mol. The molecule has 0 aliphatic heterocycles. The molecular weight excluding hydrogens is 190 g/mol. The normalized spacial score (nSPS) is 10.0. The van der Waals surface area contributed by atoms with Gasteiger partial charge in [-0.1, -0.05) is 12.1 Å². The van der Waals surface area contributed by atoms with Crippen LogP contribution in [0.2, 0.25) is 0 Å². The van der Waals surface area contributed by atoms with Gasteiger partial charge in [0.05, 0.1) is 0 Å². The summed E-state index contributed by atoms with van der Waals surface area (Å²) in [5.74, 6) is 0.418. The zero-order valence-corrected chi connectivity index (χ0v) is 9.23. The number of phenolic OH excluding ortho intramolecular Hbond substituents is 1. The van der Waals surface area contributed by atoms with E-state index >= 15 is 0 Å². The van der Waals surface area contributed by atoms with Crippen LogP contribution < -0.4 is 0 Å². The second-order valence-corrected chi connectivity index (χ2v) is 3.57. The van der Waals surface area contributed by atoms with Crippen molar-refractivity contribution in [2.75, 3.05) is 13.6 Å². The van der Waals surface area contributed by atoms with Crippen molar-refractivity contribution in [1.82, 2.24) is 4.90 Å². The first kappa shape index (κ1) is 11.6. The van der Waals surface area contributed by atoms with Gasteiger partial charge in [-0.3, -0.25) is 4.79 Å². The molecule has 0 bridgehead atoms. The fourth-order valence-electron chi connectivity index (χ4n) is 1.28. The second-order valence-electron chi connectivity index (χ2n) is 3.57. The Balaban J connectivity index is 2.43. The highest BCUT2D eigenvalue weighted by molar-refractivity contribution is 5.76. The van der Waals surface area contributed by atoms with Crippen molar-refractivity contribution in [3.8, 4) is 5.75 Å². The number of rotatable bonds is 4. The van der Waals surface area contributed by atoms with E-state index in [1.807, 2.05) is 19.1 Å². The minimum Gasteiger partial charge on any atom is -0.508 e. The van der Waals surface area contributed by atoms with E-state index in [0.29, 0.717) is 6.42 Å². The van der Waals surface area contributed by atoms with Crippen LogP contribution in [-0.2, 0) is 11.2 Å². The molecule has 15 heavy (non-hydrogen) atoms. The van der Waals surface area contributed by atoms with Gasteiger partial charge in [-0.05, 0) is 31.0 Å². The van der Waals surface area contributed by atoms with Crippen molar-refractivity contribution in [1.29, 1.82) is 0 Å². The Labute approximate surface area is 90.3 Å². The van der Waals surface area contributed by atoms with Gasteiger partial charge in [0.25, 0.3) is 0 Å². The van der Waals surface area contributed by atoms with E-state index in [0.717, 1.165) is 18.5 Å². The highest BCUT2D eigenvalue weighted by Crippen LogP contribution is 2.11. The van der Waals surface area contributed by atoms with Crippen LogP contribution in [0.15, 0.2) is 24.3 Å². The van der Waals surface area contributed by atoms with Gasteiger partial charge in [-0.2, -0.15) is 0 Å². The molecule has 0 saturated heterocycles. The third-order valence-electron chi connectivity index (χ3n) is 2.46. The first-order chi connectivity index (χ1) is 7.13. The smallest absolute Gasteiger partial charge is 0.222 e. The molecule has 0 spiro atoms.